The van der Waals surface area contributed by atoms with E-state index in [4.69, 9.17) is 16.3 Å². The zero-order chi connectivity index (χ0) is 15.4. The minimum atomic E-state index is -0.0481. The Bertz CT molecular complexity index is 648. The van der Waals surface area contributed by atoms with Crippen molar-refractivity contribution in [3.8, 4) is 0 Å². The van der Waals surface area contributed by atoms with E-state index in [2.05, 4.69) is 4.98 Å². The van der Waals surface area contributed by atoms with Crippen LogP contribution in [0.25, 0.3) is 0 Å². The van der Waals surface area contributed by atoms with E-state index >= 15 is 0 Å². The topological polar surface area (TPSA) is 42.4 Å². The molecule has 1 fully saturated rings. The molecule has 0 radical (unpaired) electrons. The molecule has 1 aromatic heterocycles. The summed E-state index contributed by atoms with van der Waals surface area (Å²) in [5.74, 6) is -0.0481. The van der Waals surface area contributed by atoms with Gasteiger partial charge < -0.3 is 9.64 Å². The van der Waals surface area contributed by atoms with Gasteiger partial charge in [0.2, 0.25) is 0 Å². The molecule has 0 N–H and O–H groups in total. The Labute approximate surface area is 134 Å². The number of rotatable bonds is 3. The van der Waals surface area contributed by atoms with Crippen LogP contribution in [0.1, 0.15) is 16.1 Å². The van der Waals surface area contributed by atoms with Gasteiger partial charge in [-0.05, 0) is 23.8 Å². The second-order valence-electron chi connectivity index (χ2n) is 5.25. The molecule has 2 heterocycles. The molecule has 1 amide bonds. The third kappa shape index (κ3) is 3.46. The van der Waals surface area contributed by atoms with Crippen molar-refractivity contribution in [3.63, 3.8) is 0 Å². The summed E-state index contributed by atoms with van der Waals surface area (Å²) in [5, 5.41) is 0.735. The maximum Gasteiger partial charge on any atom is 0.272 e. The molecular formula is C17H17ClN2O2. The Hall–Kier alpha value is -1.91. The fraction of sp³-hybridized carbons (Fsp3) is 0.294. The number of aromatic nitrogens is 1. The second kappa shape index (κ2) is 6.90. The summed E-state index contributed by atoms with van der Waals surface area (Å²) >= 11 is 6.19. The Kier molecular flexibility index (Phi) is 4.71. The lowest BCUT2D eigenvalue weighted by Crippen LogP contribution is -2.46. The molecule has 22 heavy (non-hydrogen) atoms. The summed E-state index contributed by atoms with van der Waals surface area (Å²) in [6.07, 6.45) is 2.29. The van der Waals surface area contributed by atoms with E-state index in [0.29, 0.717) is 31.8 Å². The number of amides is 1. The molecule has 2 aromatic rings. The zero-order valence-electron chi connectivity index (χ0n) is 12.1. The van der Waals surface area contributed by atoms with E-state index < -0.39 is 0 Å². The molecule has 0 saturated carbocycles. The molecule has 3 rings (SSSR count). The number of hydrogen-bond acceptors (Lipinski definition) is 3. The fourth-order valence-corrected chi connectivity index (χ4v) is 2.80. The van der Waals surface area contributed by atoms with Gasteiger partial charge in [-0.15, -0.1) is 0 Å². The molecule has 1 aliphatic rings. The van der Waals surface area contributed by atoms with Crippen LogP contribution < -0.4 is 0 Å². The van der Waals surface area contributed by atoms with Crippen LogP contribution in [0.3, 0.4) is 0 Å². The summed E-state index contributed by atoms with van der Waals surface area (Å²) in [5.41, 5.74) is 1.52. The first-order valence-electron chi connectivity index (χ1n) is 7.29. The predicted octanol–water partition coefficient (Wildman–Crippen LogP) is 2.82. The Morgan fingerprint density at radius 3 is 2.86 bits per heavy atom. The van der Waals surface area contributed by atoms with Gasteiger partial charge in [0.15, 0.2) is 0 Å². The van der Waals surface area contributed by atoms with Crippen LogP contribution in [0.15, 0.2) is 48.7 Å². The number of hydrogen-bond donors (Lipinski definition) is 0. The highest BCUT2D eigenvalue weighted by Gasteiger charge is 2.26. The molecule has 1 aromatic carbocycles. The van der Waals surface area contributed by atoms with E-state index in [-0.39, 0.29) is 12.0 Å². The van der Waals surface area contributed by atoms with Gasteiger partial charge in [-0.1, -0.05) is 35.9 Å². The van der Waals surface area contributed by atoms with Crippen LogP contribution in [0.4, 0.5) is 0 Å². The summed E-state index contributed by atoms with van der Waals surface area (Å²) in [6, 6.07) is 13.1. The molecule has 1 saturated heterocycles. The first-order valence-corrected chi connectivity index (χ1v) is 7.67. The largest absolute Gasteiger partial charge is 0.374 e. The normalized spacial score (nSPS) is 18.2. The molecule has 1 aliphatic heterocycles. The van der Waals surface area contributed by atoms with Crippen molar-refractivity contribution >= 4 is 17.5 Å². The van der Waals surface area contributed by atoms with Crippen LogP contribution in [0.2, 0.25) is 5.02 Å². The van der Waals surface area contributed by atoms with Gasteiger partial charge in [0.05, 0.1) is 12.7 Å². The summed E-state index contributed by atoms with van der Waals surface area (Å²) < 4.78 is 5.78. The average Bonchev–Trinajstić information content (AvgIpc) is 2.57. The molecule has 0 aliphatic carbocycles. The number of morpholine rings is 1. The number of benzene rings is 1. The fourth-order valence-electron chi connectivity index (χ4n) is 2.59. The van der Waals surface area contributed by atoms with Crippen molar-refractivity contribution in [2.24, 2.45) is 0 Å². The third-order valence-electron chi connectivity index (χ3n) is 3.72. The van der Waals surface area contributed by atoms with Gasteiger partial charge in [0, 0.05) is 30.7 Å². The van der Waals surface area contributed by atoms with Crippen LogP contribution in [0, 0.1) is 0 Å². The molecule has 5 heteroatoms. The van der Waals surface area contributed by atoms with Crippen molar-refractivity contribution in [2.45, 2.75) is 12.5 Å². The third-order valence-corrected chi connectivity index (χ3v) is 4.08. The van der Waals surface area contributed by atoms with E-state index in [9.17, 15) is 4.79 Å². The summed E-state index contributed by atoms with van der Waals surface area (Å²) in [7, 11) is 0. The maximum atomic E-state index is 12.4. The monoisotopic (exact) mass is 316 g/mol. The van der Waals surface area contributed by atoms with E-state index in [1.165, 1.54) is 0 Å². The SMILES string of the molecule is O=C(c1ccccn1)N1CCO[C@@H](Cc2ccccc2Cl)C1. The highest BCUT2D eigenvalue weighted by molar-refractivity contribution is 6.31. The van der Waals surface area contributed by atoms with Crippen molar-refractivity contribution in [3.05, 3.63) is 64.9 Å². The van der Waals surface area contributed by atoms with Crippen LogP contribution in [0.5, 0.6) is 0 Å². The lowest BCUT2D eigenvalue weighted by molar-refractivity contribution is -0.0210. The molecule has 4 nitrogen and oxygen atoms in total. The highest BCUT2D eigenvalue weighted by atomic mass is 35.5. The minimum absolute atomic E-state index is 0.0405. The summed E-state index contributed by atoms with van der Waals surface area (Å²) in [6.45, 7) is 1.68. The van der Waals surface area contributed by atoms with Crippen LogP contribution in [-0.2, 0) is 11.2 Å². The van der Waals surface area contributed by atoms with Gasteiger partial charge in [-0.2, -0.15) is 0 Å². The van der Waals surface area contributed by atoms with Gasteiger partial charge in [0.25, 0.3) is 5.91 Å². The number of nitrogens with zero attached hydrogens (tertiary/aromatic N) is 2. The van der Waals surface area contributed by atoms with Crippen molar-refractivity contribution in [1.82, 2.24) is 9.88 Å². The zero-order valence-corrected chi connectivity index (χ0v) is 12.9. The van der Waals surface area contributed by atoms with Gasteiger partial charge in [0.1, 0.15) is 5.69 Å². The Balaban J connectivity index is 1.67. The van der Waals surface area contributed by atoms with Gasteiger partial charge >= 0.3 is 0 Å². The van der Waals surface area contributed by atoms with E-state index in [1.807, 2.05) is 30.3 Å². The standard InChI is InChI=1S/C17H17ClN2O2/c18-15-6-2-1-5-13(15)11-14-12-20(9-10-22-14)17(21)16-7-3-4-8-19-16/h1-8,14H,9-12H2/t14-/m0/s1. The van der Waals surface area contributed by atoms with Gasteiger partial charge in [-0.3, -0.25) is 9.78 Å². The Morgan fingerprint density at radius 2 is 2.09 bits per heavy atom. The van der Waals surface area contributed by atoms with E-state index in [0.717, 1.165) is 10.6 Å². The molecule has 114 valence electrons. The maximum absolute atomic E-state index is 12.4. The minimum Gasteiger partial charge on any atom is -0.374 e. The highest BCUT2D eigenvalue weighted by Crippen LogP contribution is 2.20. The first-order chi connectivity index (χ1) is 10.7. The van der Waals surface area contributed by atoms with Crippen molar-refractivity contribution in [2.75, 3.05) is 19.7 Å². The second-order valence-corrected chi connectivity index (χ2v) is 5.66. The lowest BCUT2D eigenvalue weighted by atomic mass is 10.1. The van der Waals surface area contributed by atoms with Crippen LogP contribution in [-0.4, -0.2) is 41.6 Å². The van der Waals surface area contributed by atoms with Crippen molar-refractivity contribution < 1.29 is 9.53 Å². The lowest BCUT2D eigenvalue weighted by Gasteiger charge is -2.33. The van der Waals surface area contributed by atoms with E-state index in [1.54, 1.807) is 23.2 Å². The Morgan fingerprint density at radius 1 is 1.27 bits per heavy atom. The number of ether oxygens (including phenoxy) is 1. The van der Waals surface area contributed by atoms with Crippen LogP contribution >= 0.6 is 11.6 Å². The molecular weight excluding hydrogens is 300 g/mol. The first kappa shape index (κ1) is 15.0. The smallest absolute Gasteiger partial charge is 0.272 e. The predicted molar refractivity (Wildman–Crippen MR) is 85.0 cm³/mol. The molecule has 0 unspecified atom stereocenters. The number of carbonyl (C=O) groups excluding carboxylic acids is 1. The number of carbonyl (C=O) groups is 1. The van der Waals surface area contributed by atoms with Crippen molar-refractivity contribution in [1.29, 1.82) is 0 Å². The molecule has 1 atom stereocenters. The number of pyridine rings is 1. The average molecular weight is 317 g/mol. The van der Waals surface area contributed by atoms with Gasteiger partial charge in [-0.25, -0.2) is 0 Å². The number of halogens is 1. The quantitative estimate of drug-likeness (QED) is 0.874. The molecule has 0 spiro atoms. The molecule has 0 bridgehead atoms. The summed E-state index contributed by atoms with van der Waals surface area (Å²) in [4.78, 5) is 18.4.